The standard InChI is InChI=1S/C22H15ClN4O3/c1-26-16-5-3-2-4-14(16)22(21(26)29)15(10-24)19(25)27(13-8-6-12(23)7-9-13)17-11-30-20(28)18(17)22/h2-9H,11,25H2,1H3/t22-/m1/s1. The molecule has 8 heteroatoms. The van der Waals surface area contributed by atoms with E-state index < -0.39 is 17.3 Å². The van der Waals surface area contributed by atoms with Gasteiger partial charge in [0.15, 0.2) is 0 Å². The van der Waals surface area contributed by atoms with Crippen molar-refractivity contribution >= 4 is 34.9 Å². The molecule has 3 aliphatic rings. The minimum atomic E-state index is -1.63. The maximum Gasteiger partial charge on any atom is 0.338 e. The topological polar surface area (TPSA) is 99.7 Å². The molecule has 30 heavy (non-hydrogen) atoms. The summed E-state index contributed by atoms with van der Waals surface area (Å²) in [6, 6.07) is 16.0. The number of likely N-dealkylation sites (N-methyl/N-ethyl adjacent to an activating group) is 1. The molecule has 0 fully saturated rings. The number of hydrogen-bond donors (Lipinski definition) is 1. The fourth-order valence-corrected chi connectivity index (χ4v) is 4.71. The maximum absolute atomic E-state index is 13.6. The number of halogens is 1. The number of nitriles is 1. The van der Waals surface area contributed by atoms with Crippen molar-refractivity contribution in [1.29, 1.82) is 5.26 Å². The van der Waals surface area contributed by atoms with Crippen LogP contribution in [0.5, 0.6) is 0 Å². The molecule has 1 atom stereocenters. The predicted molar refractivity (Wildman–Crippen MR) is 110 cm³/mol. The van der Waals surface area contributed by atoms with Crippen molar-refractivity contribution in [1.82, 2.24) is 0 Å². The Kier molecular flexibility index (Phi) is 3.73. The van der Waals surface area contributed by atoms with Crippen LogP contribution in [-0.4, -0.2) is 25.5 Å². The summed E-state index contributed by atoms with van der Waals surface area (Å²) in [4.78, 5) is 29.6. The van der Waals surface area contributed by atoms with Crippen molar-refractivity contribution in [2.24, 2.45) is 5.73 Å². The molecule has 0 saturated heterocycles. The van der Waals surface area contributed by atoms with E-state index in [-0.39, 0.29) is 23.6 Å². The minimum Gasteiger partial charge on any atom is -0.456 e. The van der Waals surface area contributed by atoms with Crippen LogP contribution in [0.2, 0.25) is 5.02 Å². The number of nitrogens with zero attached hydrogens (tertiary/aromatic N) is 3. The Bertz CT molecular complexity index is 1240. The number of para-hydroxylation sites is 1. The van der Waals surface area contributed by atoms with Gasteiger partial charge in [-0.2, -0.15) is 5.26 Å². The Labute approximate surface area is 177 Å². The summed E-state index contributed by atoms with van der Waals surface area (Å²) in [5.41, 5.74) is 7.21. The van der Waals surface area contributed by atoms with Crippen molar-refractivity contribution in [3.8, 4) is 6.07 Å². The van der Waals surface area contributed by atoms with Crippen molar-refractivity contribution in [3.05, 3.63) is 81.8 Å². The van der Waals surface area contributed by atoms with Gasteiger partial charge in [0, 0.05) is 29.0 Å². The number of hydrogen-bond acceptors (Lipinski definition) is 6. The van der Waals surface area contributed by atoms with E-state index in [1.807, 2.05) is 0 Å². The smallest absolute Gasteiger partial charge is 0.338 e. The molecular weight excluding hydrogens is 404 g/mol. The highest BCUT2D eigenvalue weighted by atomic mass is 35.5. The number of fused-ring (bicyclic) bond motifs is 3. The Morgan fingerprint density at radius 3 is 2.57 bits per heavy atom. The Balaban J connectivity index is 1.87. The summed E-state index contributed by atoms with van der Waals surface area (Å²) in [5, 5.41) is 10.7. The molecule has 2 aromatic carbocycles. The van der Waals surface area contributed by atoms with Crippen LogP contribution in [0.15, 0.2) is 71.2 Å². The van der Waals surface area contributed by atoms with Gasteiger partial charge >= 0.3 is 5.97 Å². The number of amides is 1. The Morgan fingerprint density at radius 1 is 1.17 bits per heavy atom. The fraction of sp³-hybridized carbons (Fsp3) is 0.136. The number of cyclic esters (lactones) is 1. The number of ether oxygens (including phenoxy) is 1. The highest BCUT2D eigenvalue weighted by Crippen LogP contribution is 2.55. The van der Waals surface area contributed by atoms with Crippen LogP contribution in [-0.2, 0) is 19.7 Å². The second kappa shape index (κ2) is 6.12. The van der Waals surface area contributed by atoms with Crippen molar-refractivity contribution in [2.45, 2.75) is 5.41 Å². The molecule has 7 nitrogen and oxygen atoms in total. The fourth-order valence-electron chi connectivity index (χ4n) is 4.59. The average Bonchev–Trinajstić information content (AvgIpc) is 3.23. The van der Waals surface area contributed by atoms with Crippen LogP contribution in [0.1, 0.15) is 5.56 Å². The molecule has 3 heterocycles. The third-order valence-corrected chi connectivity index (χ3v) is 6.09. The van der Waals surface area contributed by atoms with Crippen LogP contribution < -0.4 is 15.5 Å². The van der Waals surface area contributed by atoms with Crippen LogP contribution in [0.3, 0.4) is 0 Å². The van der Waals surface area contributed by atoms with Crippen LogP contribution in [0.4, 0.5) is 11.4 Å². The zero-order valence-electron chi connectivity index (χ0n) is 15.8. The summed E-state index contributed by atoms with van der Waals surface area (Å²) in [7, 11) is 1.62. The van der Waals surface area contributed by atoms with Gasteiger partial charge in [-0.3, -0.25) is 9.69 Å². The van der Waals surface area contributed by atoms with E-state index in [1.165, 1.54) is 4.90 Å². The molecule has 5 rings (SSSR count). The minimum absolute atomic E-state index is 0.00292. The number of carbonyl (C=O) groups is 2. The first-order chi connectivity index (χ1) is 14.4. The molecule has 0 unspecified atom stereocenters. The van der Waals surface area contributed by atoms with Gasteiger partial charge in [-0.25, -0.2) is 4.79 Å². The second-order valence-corrected chi connectivity index (χ2v) is 7.65. The van der Waals surface area contributed by atoms with E-state index in [4.69, 9.17) is 22.1 Å². The van der Waals surface area contributed by atoms with Gasteiger partial charge in [-0.05, 0) is 30.3 Å². The third kappa shape index (κ3) is 2.03. The zero-order chi connectivity index (χ0) is 21.2. The first-order valence-electron chi connectivity index (χ1n) is 9.17. The Hall–Kier alpha value is -3.76. The van der Waals surface area contributed by atoms with Gasteiger partial charge in [0.2, 0.25) is 5.91 Å². The zero-order valence-corrected chi connectivity index (χ0v) is 16.6. The molecule has 1 spiro atoms. The lowest BCUT2D eigenvalue weighted by atomic mass is 9.67. The molecule has 0 saturated carbocycles. The number of nitrogens with two attached hydrogens (primary N) is 1. The SMILES string of the molecule is CN1C(=O)[C@@]2(C(C#N)=C(N)N(c3ccc(Cl)cc3)C3=C2C(=O)OC3)c2ccccc21. The molecular formula is C22H15ClN4O3. The number of benzene rings is 2. The quantitative estimate of drug-likeness (QED) is 0.714. The Morgan fingerprint density at radius 2 is 1.87 bits per heavy atom. The van der Waals surface area contributed by atoms with E-state index in [0.29, 0.717) is 27.7 Å². The lowest BCUT2D eigenvalue weighted by molar-refractivity contribution is -0.137. The first kappa shape index (κ1) is 18.3. The van der Waals surface area contributed by atoms with Crippen LogP contribution >= 0.6 is 11.6 Å². The first-order valence-corrected chi connectivity index (χ1v) is 9.55. The largest absolute Gasteiger partial charge is 0.456 e. The second-order valence-electron chi connectivity index (χ2n) is 7.21. The van der Waals surface area contributed by atoms with Crippen LogP contribution in [0.25, 0.3) is 0 Å². The average molecular weight is 419 g/mol. The number of esters is 1. The third-order valence-electron chi connectivity index (χ3n) is 5.84. The summed E-state index contributed by atoms with van der Waals surface area (Å²) < 4.78 is 5.36. The highest BCUT2D eigenvalue weighted by Gasteiger charge is 2.63. The van der Waals surface area contributed by atoms with E-state index in [2.05, 4.69) is 6.07 Å². The molecule has 0 radical (unpaired) electrons. The molecule has 2 aromatic rings. The van der Waals surface area contributed by atoms with E-state index in [1.54, 1.807) is 60.5 Å². The summed E-state index contributed by atoms with van der Waals surface area (Å²) in [6.45, 7) is -0.0584. The maximum atomic E-state index is 13.6. The lowest BCUT2D eigenvalue weighted by Crippen LogP contribution is -2.50. The summed E-state index contributed by atoms with van der Waals surface area (Å²) in [5.74, 6) is -0.969. The van der Waals surface area contributed by atoms with Gasteiger partial charge in [0.05, 0.1) is 16.8 Å². The van der Waals surface area contributed by atoms with Gasteiger partial charge < -0.3 is 15.4 Å². The molecule has 0 aromatic heterocycles. The number of rotatable bonds is 1. The molecule has 0 bridgehead atoms. The van der Waals surface area contributed by atoms with Crippen molar-refractivity contribution < 1.29 is 14.3 Å². The summed E-state index contributed by atoms with van der Waals surface area (Å²) in [6.07, 6.45) is 0. The predicted octanol–water partition coefficient (Wildman–Crippen LogP) is 2.58. The highest BCUT2D eigenvalue weighted by molar-refractivity contribution is 6.30. The molecule has 1 amide bonds. The van der Waals surface area contributed by atoms with Crippen molar-refractivity contribution in [2.75, 3.05) is 23.5 Å². The van der Waals surface area contributed by atoms with E-state index >= 15 is 0 Å². The molecule has 148 valence electrons. The monoisotopic (exact) mass is 418 g/mol. The van der Waals surface area contributed by atoms with Crippen LogP contribution in [0, 0.1) is 11.3 Å². The number of carbonyl (C=O) groups excluding carboxylic acids is 2. The number of anilines is 2. The van der Waals surface area contributed by atoms with E-state index in [0.717, 1.165) is 0 Å². The van der Waals surface area contributed by atoms with E-state index in [9.17, 15) is 14.9 Å². The van der Waals surface area contributed by atoms with Gasteiger partial charge in [-0.15, -0.1) is 0 Å². The molecule has 3 aliphatic heterocycles. The van der Waals surface area contributed by atoms with Gasteiger partial charge in [0.1, 0.15) is 23.9 Å². The summed E-state index contributed by atoms with van der Waals surface area (Å²) >= 11 is 6.01. The van der Waals surface area contributed by atoms with Gasteiger partial charge in [0.25, 0.3) is 0 Å². The lowest BCUT2D eigenvalue weighted by Gasteiger charge is -2.38. The van der Waals surface area contributed by atoms with Crippen molar-refractivity contribution in [3.63, 3.8) is 0 Å². The molecule has 0 aliphatic carbocycles. The van der Waals surface area contributed by atoms with Gasteiger partial charge in [-0.1, -0.05) is 29.8 Å². The molecule has 2 N–H and O–H groups in total. The normalized spacial score (nSPS) is 22.4.